The molecule has 1 saturated heterocycles. The van der Waals surface area contributed by atoms with Gasteiger partial charge in [0.2, 0.25) is 11.8 Å². The average Bonchev–Trinajstić information content (AvgIpc) is 3.09. The van der Waals surface area contributed by atoms with Crippen LogP contribution in [0.3, 0.4) is 0 Å². The minimum atomic E-state index is -0.653. The summed E-state index contributed by atoms with van der Waals surface area (Å²) in [5, 5.41) is 23.5. The molecule has 1 aliphatic heterocycles. The normalized spacial score (nSPS) is 18.8. The van der Waals surface area contributed by atoms with Crippen molar-refractivity contribution in [1.29, 1.82) is 0 Å². The van der Waals surface area contributed by atoms with Crippen LogP contribution < -0.4 is 10.8 Å². The zero-order chi connectivity index (χ0) is 32.5. The van der Waals surface area contributed by atoms with E-state index in [1.54, 1.807) is 5.48 Å². The molecule has 4 aromatic carbocycles. The first kappa shape index (κ1) is 33.2. The standard InChI is InChI=1S/C37H43N3O6/c1-25(29-19-18-27-8-3-4-9-30(27)20-29)40(2)23-33-22-34(28-16-14-26(24-41)15-17-28)46-37(45-33)31-10-7-11-32(21-31)38-35(42)12-5-6-13-36(43)39-44/h3-4,7-11,14-21,25,33-34,37,41,44H,5-6,12-13,22-24H2,1-2H3,(H,38,42)(H,39,43)/t25-,33+,34-,37-/m1/s1. The number of hydrogen-bond acceptors (Lipinski definition) is 7. The van der Waals surface area contributed by atoms with Gasteiger partial charge in [0.15, 0.2) is 6.29 Å². The van der Waals surface area contributed by atoms with E-state index < -0.39 is 12.2 Å². The van der Waals surface area contributed by atoms with Crippen LogP contribution in [0.2, 0.25) is 0 Å². The lowest BCUT2D eigenvalue weighted by atomic mass is 9.98. The van der Waals surface area contributed by atoms with Crippen molar-refractivity contribution in [2.75, 3.05) is 18.9 Å². The lowest BCUT2D eigenvalue weighted by Crippen LogP contribution is -2.38. The molecule has 2 amide bonds. The van der Waals surface area contributed by atoms with Crippen LogP contribution in [0.4, 0.5) is 5.69 Å². The third-order valence-electron chi connectivity index (χ3n) is 8.65. The van der Waals surface area contributed by atoms with Gasteiger partial charge in [-0.25, -0.2) is 5.48 Å². The second-order valence-corrected chi connectivity index (χ2v) is 12.0. The maximum absolute atomic E-state index is 12.6. The number of likely N-dealkylation sites (N-methyl/N-ethyl adjacent to an activating group) is 1. The Morgan fingerprint density at radius 2 is 1.61 bits per heavy atom. The van der Waals surface area contributed by atoms with Crippen molar-refractivity contribution in [2.24, 2.45) is 0 Å². The fraction of sp³-hybridized carbons (Fsp3) is 0.351. The summed E-state index contributed by atoms with van der Waals surface area (Å²) in [7, 11) is 2.12. The predicted molar refractivity (Wildman–Crippen MR) is 177 cm³/mol. The maximum atomic E-state index is 12.6. The zero-order valence-corrected chi connectivity index (χ0v) is 26.4. The molecule has 0 saturated carbocycles. The van der Waals surface area contributed by atoms with Crippen LogP contribution in [0.25, 0.3) is 10.8 Å². The Kier molecular flexibility index (Phi) is 11.5. The summed E-state index contributed by atoms with van der Waals surface area (Å²) in [4.78, 5) is 26.1. The van der Waals surface area contributed by atoms with Gasteiger partial charge in [-0.1, -0.05) is 72.8 Å². The Labute approximate surface area is 270 Å². The van der Waals surface area contributed by atoms with Crippen LogP contribution >= 0.6 is 0 Å². The van der Waals surface area contributed by atoms with Gasteiger partial charge in [0, 0.05) is 43.1 Å². The number of carbonyl (C=O) groups excluding carboxylic acids is 2. The molecule has 9 nitrogen and oxygen atoms in total. The van der Waals surface area contributed by atoms with E-state index in [9.17, 15) is 14.7 Å². The number of aliphatic hydroxyl groups is 1. The molecule has 242 valence electrons. The van der Waals surface area contributed by atoms with Gasteiger partial charge in [-0.15, -0.1) is 0 Å². The fourth-order valence-corrected chi connectivity index (χ4v) is 5.85. The van der Waals surface area contributed by atoms with Crippen LogP contribution in [0.1, 0.15) is 79.7 Å². The topological polar surface area (TPSA) is 120 Å². The van der Waals surface area contributed by atoms with E-state index >= 15 is 0 Å². The van der Waals surface area contributed by atoms with Gasteiger partial charge in [0.05, 0.1) is 18.8 Å². The summed E-state index contributed by atoms with van der Waals surface area (Å²) in [5.74, 6) is -0.619. The van der Waals surface area contributed by atoms with Gasteiger partial charge in [0.25, 0.3) is 0 Å². The van der Waals surface area contributed by atoms with Crippen molar-refractivity contribution < 1.29 is 29.4 Å². The van der Waals surface area contributed by atoms with Crippen LogP contribution in [0.5, 0.6) is 0 Å². The molecule has 0 aliphatic carbocycles. The van der Waals surface area contributed by atoms with E-state index in [2.05, 4.69) is 66.7 Å². The molecule has 46 heavy (non-hydrogen) atoms. The number of nitrogens with one attached hydrogen (secondary N) is 2. The molecule has 5 rings (SSSR count). The molecule has 1 aliphatic rings. The van der Waals surface area contributed by atoms with Crippen molar-refractivity contribution >= 4 is 28.3 Å². The number of benzene rings is 4. The largest absolute Gasteiger partial charge is 0.392 e. The summed E-state index contributed by atoms with van der Waals surface area (Å²) in [6.45, 7) is 2.87. The van der Waals surface area contributed by atoms with Crippen LogP contribution in [-0.2, 0) is 25.7 Å². The van der Waals surface area contributed by atoms with Crippen molar-refractivity contribution in [1.82, 2.24) is 10.4 Å². The molecule has 4 N–H and O–H groups in total. The third kappa shape index (κ3) is 8.78. The molecule has 0 unspecified atom stereocenters. The Morgan fingerprint density at radius 3 is 2.35 bits per heavy atom. The number of fused-ring (bicyclic) bond motifs is 1. The number of rotatable bonds is 13. The van der Waals surface area contributed by atoms with Gasteiger partial charge < -0.3 is 19.9 Å². The first-order chi connectivity index (χ1) is 22.3. The van der Waals surface area contributed by atoms with Gasteiger partial charge in [-0.3, -0.25) is 19.7 Å². The van der Waals surface area contributed by atoms with Crippen LogP contribution in [0, 0.1) is 0 Å². The highest BCUT2D eigenvalue weighted by atomic mass is 16.7. The number of hydrogen-bond donors (Lipinski definition) is 4. The minimum absolute atomic E-state index is 0.0197. The SMILES string of the molecule is C[C@H](c1ccc2ccccc2c1)N(C)C[C@@H]1C[C@H](c2ccc(CO)cc2)O[C@H](c2cccc(NC(=O)CCCCC(=O)NO)c2)O1. The van der Waals surface area contributed by atoms with Crippen LogP contribution in [-0.4, -0.2) is 46.7 Å². The number of hydroxylamine groups is 1. The number of nitrogens with zero attached hydrogens (tertiary/aromatic N) is 1. The van der Waals surface area contributed by atoms with E-state index in [0.29, 0.717) is 31.5 Å². The first-order valence-corrected chi connectivity index (χ1v) is 15.8. The molecule has 1 fully saturated rings. The van der Waals surface area contributed by atoms with Gasteiger partial charge in [0.1, 0.15) is 0 Å². The summed E-state index contributed by atoms with van der Waals surface area (Å²) in [5.41, 5.74) is 6.13. The highest BCUT2D eigenvalue weighted by Gasteiger charge is 2.33. The first-order valence-electron chi connectivity index (χ1n) is 15.8. The van der Waals surface area contributed by atoms with E-state index in [1.807, 2.05) is 48.5 Å². The van der Waals surface area contributed by atoms with Crippen molar-refractivity contribution in [2.45, 2.75) is 70.2 Å². The number of aliphatic hydroxyl groups excluding tert-OH is 1. The smallest absolute Gasteiger partial charge is 0.243 e. The predicted octanol–water partition coefficient (Wildman–Crippen LogP) is 6.57. The highest BCUT2D eigenvalue weighted by molar-refractivity contribution is 5.90. The second kappa shape index (κ2) is 15.9. The summed E-state index contributed by atoms with van der Waals surface area (Å²) in [6.07, 6.45) is 1.09. The molecule has 9 heteroatoms. The van der Waals surface area contributed by atoms with Gasteiger partial charge >= 0.3 is 0 Å². The third-order valence-corrected chi connectivity index (χ3v) is 8.65. The summed E-state index contributed by atoms with van der Waals surface area (Å²) >= 11 is 0. The summed E-state index contributed by atoms with van der Waals surface area (Å²) < 4.78 is 13.1. The zero-order valence-electron chi connectivity index (χ0n) is 26.4. The quantitative estimate of drug-likeness (QED) is 0.0753. The highest BCUT2D eigenvalue weighted by Crippen LogP contribution is 2.39. The molecule has 0 aromatic heterocycles. The summed E-state index contributed by atoms with van der Waals surface area (Å²) in [6, 6.07) is 30.5. The van der Waals surface area contributed by atoms with Crippen molar-refractivity contribution in [3.05, 3.63) is 113 Å². The van der Waals surface area contributed by atoms with Gasteiger partial charge in [-0.05, 0) is 72.5 Å². The Morgan fingerprint density at radius 1 is 0.870 bits per heavy atom. The Hall–Kier alpha value is -4.12. The van der Waals surface area contributed by atoms with Crippen molar-refractivity contribution in [3.8, 4) is 0 Å². The monoisotopic (exact) mass is 625 g/mol. The van der Waals surface area contributed by atoms with E-state index in [1.165, 1.54) is 16.3 Å². The maximum Gasteiger partial charge on any atom is 0.243 e. The van der Waals surface area contributed by atoms with E-state index in [0.717, 1.165) is 16.7 Å². The lowest BCUT2D eigenvalue weighted by Gasteiger charge is -2.39. The average molecular weight is 626 g/mol. The van der Waals surface area contributed by atoms with E-state index in [-0.39, 0.29) is 43.6 Å². The van der Waals surface area contributed by atoms with Gasteiger partial charge in [-0.2, -0.15) is 0 Å². The number of anilines is 1. The fourth-order valence-electron chi connectivity index (χ4n) is 5.85. The van der Waals surface area contributed by atoms with E-state index in [4.69, 9.17) is 14.7 Å². The number of unbranched alkanes of at least 4 members (excludes halogenated alkanes) is 1. The molecule has 4 atom stereocenters. The molecule has 4 aromatic rings. The Bertz CT molecular complexity index is 1610. The number of carbonyl (C=O) groups is 2. The van der Waals surface area contributed by atoms with Crippen molar-refractivity contribution in [3.63, 3.8) is 0 Å². The number of amides is 2. The minimum Gasteiger partial charge on any atom is -0.392 e. The van der Waals surface area contributed by atoms with Crippen LogP contribution in [0.15, 0.2) is 91.0 Å². The molecule has 1 heterocycles. The molecule has 0 spiro atoms. The molecular weight excluding hydrogens is 582 g/mol. The lowest BCUT2D eigenvalue weighted by molar-refractivity contribution is -0.253. The second-order valence-electron chi connectivity index (χ2n) is 12.0. The molecule has 0 bridgehead atoms. The molecule has 0 radical (unpaired) electrons. The number of ether oxygens (including phenoxy) is 2. The molecular formula is C37H43N3O6. The Balaban J connectivity index is 1.29.